The number of halogens is 4. The van der Waals surface area contributed by atoms with Crippen LogP contribution in [-0.4, -0.2) is 12.6 Å². The molecule has 0 fully saturated rings. The van der Waals surface area contributed by atoms with Crippen LogP contribution < -0.4 is 0 Å². The van der Waals surface area contributed by atoms with Gasteiger partial charge in [0.05, 0.1) is 6.61 Å². The normalized spacial score (nSPS) is 9.83. The second-order valence-electron chi connectivity index (χ2n) is 1.59. The molecule has 0 saturated carbocycles. The van der Waals surface area contributed by atoms with Gasteiger partial charge in [0.1, 0.15) is 0 Å². The summed E-state index contributed by atoms with van der Waals surface area (Å²) in [6.45, 7) is 4.07. The summed E-state index contributed by atoms with van der Waals surface area (Å²) >= 11 is -3.11. The fraction of sp³-hybridized carbons (Fsp3) is 0.800. The zero-order valence-electron chi connectivity index (χ0n) is 6.74. The first-order chi connectivity index (χ1) is 5.31. The van der Waals surface area contributed by atoms with E-state index in [0.717, 1.165) is 0 Å². The van der Waals surface area contributed by atoms with Gasteiger partial charge in [-0.05, 0) is 6.92 Å². The summed E-state index contributed by atoms with van der Waals surface area (Å²) in [6.07, 6.45) is 0.480. The molecule has 0 rings (SSSR count). The average Bonchev–Trinajstić information content (AvgIpc) is 1.85. The third kappa shape index (κ3) is 30.2. The van der Waals surface area contributed by atoms with Crippen LogP contribution in [-0.2, 0) is 21.9 Å². The van der Waals surface area contributed by atoms with Crippen LogP contribution in [0.5, 0.6) is 0 Å². The van der Waals surface area contributed by atoms with Crippen molar-refractivity contribution in [1.29, 1.82) is 0 Å². The van der Waals surface area contributed by atoms with Gasteiger partial charge in [-0.3, -0.25) is 4.79 Å². The van der Waals surface area contributed by atoms with Gasteiger partial charge in [-0.1, -0.05) is 6.92 Å². The summed E-state index contributed by atoms with van der Waals surface area (Å²) in [5, 5.41) is 0. The van der Waals surface area contributed by atoms with Crippen molar-refractivity contribution < 1.29 is 21.9 Å². The monoisotopic (exact) mass is 290 g/mol. The Labute approximate surface area is 91.3 Å². The second-order valence-corrected chi connectivity index (χ2v) is 17.1. The van der Waals surface area contributed by atoms with Crippen molar-refractivity contribution >= 4 is 43.2 Å². The summed E-state index contributed by atoms with van der Waals surface area (Å²) in [5.41, 5.74) is 0. The summed E-state index contributed by atoms with van der Waals surface area (Å²) in [5.74, 6) is -0.123. The van der Waals surface area contributed by atoms with Crippen LogP contribution in [0.1, 0.15) is 20.3 Å². The van der Waals surface area contributed by atoms with Gasteiger partial charge >= 0.3 is 55.5 Å². The molecule has 0 aromatic carbocycles. The number of hydrogen-bond acceptors (Lipinski definition) is 2. The summed E-state index contributed by atoms with van der Waals surface area (Å²) in [7, 11) is 20.1. The van der Waals surface area contributed by atoms with E-state index in [2.05, 4.69) is 4.74 Å². The molecular weight excluding hydrogens is 282 g/mol. The van der Waals surface area contributed by atoms with Crippen LogP contribution in [0.2, 0.25) is 0 Å². The first-order valence-corrected chi connectivity index (χ1v) is 11.8. The Kier molecular flexibility index (Phi) is 11.7. The molecular formula is C5H10Cl4O2Ti. The predicted octanol–water partition coefficient (Wildman–Crippen LogP) is 3.72. The Hall–Kier alpha value is 1.34. The van der Waals surface area contributed by atoms with Crippen molar-refractivity contribution in [3.8, 4) is 0 Å². The summed E-state index contributed by atoms with van der Waals surface area (Å²) < 4.78 is 4.55. The first kappa shape index (κ1) is 15.8. The van der Waals surface area contributed by atoms with E-state index in [4.69, 9.17) is 37.2 Å². The minimum atomic E-state index is -3.11. The Morgan fingerprint density at radius 3 is 1.67 bits per heavy atom. The average molecular weight is 292 g/mol. The number of carbonyl (C=O) groups is 1. The maximum absolute atomic E-state index is 10.2. The van der Waals surface area contributed by atoms with Crippen molar-refractivity contribution in [1.82, 2.24) is 0 Å². The first-order valence-electron chi connectivity index (χ1n) is 3.22. The van der Waals surface area contributed by atoms with Crippen molar-refractivity contribution in [3.63, 3.8) is 0 Å². The van der Waals surface area contributed by atoms with E-state index in [1.54, 1.807) is 13.8 Å². The van der Waals surface area contributed by atoms with E-state index in [0.29, 0.717) is 13.0 Å². The van der Waals surface area contributed by atoms with Gasteiger partial charge in [0.25, 0.3) is 0 Å². The van der Waals surface area contributed by atoms with Gasteiger partial charge in [-0.25, -0.2) is 0 Å². The maximum atomic E-state index is 10.2. The number of ether oxygens (including phenoxy) is 1. The fourth-order valence-electron chi connectivity index (χ4n) is 0.263. The summed E-state index contributed by atoms with van der Waals surface area (Å²) in [4.78, 5) is 10.2. The van der Waals surface area contributed by atoms with Crippen LogP contribution in [0.15, 0.2) is 0 Å². The fourth-order valence-corrected chi connectivity index (χ4v) is 0.263. The topological polar surface area (TPSA) is 26.3 Å². The van der Waals surface area contributed by atoms with Crippen molar-refractivity contribution in [2.75, 3.05) is 6.61 Å². The van der Waals surface area contributed by atoms with Gasteiger partial charge in [-0.2, -0.15) is 0 Å². The molecule has 0 N–H and O–H groups in total. The molecule has 7 heteroatoms. The molecule has 0 aliphatic rings. The number of hydrogen-bond donors (Lipinski definition) is 0. The van der Waals surface area contributed by atoms with Crippen LogP contribution in [0, 0.1) is 0 Å². The van der Waals surface area contributed by atoms with Crippen LogP contribution in [0.4, 0.5) is 0 Å². The van der Waals surface area contributed by atoms with Gasteiger partial charge in [-0.15, -0.1) is 0 Å². The molecule has 0 amide bonds. The third-order valence-electron chi connectivity index (χ3n) is 0.594. The van der Waals surface area contributed by atoms with Gasteiger partial charge < -0.3 is 4.74 Å². The van der Waals surface area contributed by atoms with E-state index >= 15 is 0 Å². The molecule has 74 valence electrons. The third-order valence-corrected chi connectivity index (χ3v) is 0.594. The molecule has 0 heterocycles. The molecule has 2 nitrogen and oxygen atoms in total. The Balaban J connectivity index is 0. The number of carbonyl (C=O) groups excluding carboxylic acids is 1. The van der Waals surface area contributed by atoms with E-state index in [-0.39, 0.29) is 5.97 Å². The molecule has 0 unspecified atom stereocenters. The Morgan fingerprint density at radius 1 is 1.25 bits per heavy atom. The molecule has 12 heavy (non-hydrogen) atoms. The molecule has 0 aliphatic heterocycles. The van der Waals surface area contributed by atoms with E-state index < -0.39 is 12.3 Å². The second kappa shape index (κ2) is 8.92. The standard InChI is InChI=1S/C5H10O2.4ClH.Ti/c1-3-5(6)7-4-2;;;;;/h3-4H2,1-2H3;4*1H;/q;;;;;+4/p-4. The molecule has 0 aromatic rings. The van der Waals surface area contributed by atoms with Crippen molar-refractivity contribution in [2.45, 2.75) is 20.3 Å². The molecule has 0 bridgehead atoms. The van der Waals surface area contributed by atoms with Crippen molar-refractivity contribution in [2.24, 2.45) is 0 Å². The van der Waals surface area contributed by atoms with Gasteiger partial charge in [0.15, 0.2) is 0 Å². The molecule has 0 saturated heterocycles. The van der Waals surface area contributed by atoms with E-state index in [1.165, 1.54) is 0 Å². The Morgan fingerprint density at radius 2 is 1.58 bits per heavy atom. The van der Waals surface area contributed by atoms with E-state index in [9.17, 15) is 4.79 Å². The van der Waals surface area contributed by atoms with Crippen LogP contribution in [0.3, 0.4) is 0 Å². The molecule has 0 aliphatic carbocycles. The number of rotatable bonds is 2. The summed E-state index contributed by atoms with van der Waals surface area (Å²) in [6, 6.07) is 0. The zero-order valence-corrected chi connectivity index (χ0v) is 11.3. The molecule has 0 radical (unpaired) electrons. The molecule has 0 spiro atoms. The van der Waals surface area contributed by atoms with Crippen LogP contribution >= 0.6 is 37.2 Å². The molecule has 0 atom stereocenters. The van der Waals surface area contributed by atoms with Crippen molar-refractivity contribution in [3.05, 3.63) is 0 Å². The van der Waals surface area contributed by atoms with E-state index in [1.807, 2.05) is 0 Å². The number of esters is 1. The SMILES string of the molecule is CCOC(=O)CC.[Cl][Ti]([Cl])([Cl])[Cl]. The minimum absolute atomic E-state index is 0.123. The molecule has 0 aromatic heterocycles. The van der Waals surface area contributed by atoms with Gasteiger partial charge in [0.2, 0.25) is 0 Å². The predicted molar refractivity (Wildman–Crippen MR) is 50.3 cm³/mol. The zero-order chi connectivity index (χ0) is 10.2. The van der Waals surface area contributed by atoms with Crippen LogP contribution in [0.25, 0.3) is 0 Å². The Bertz CT molecular complexity index is 119. The van der Waals surface area contributed by atoms with Gasteiger partial charge in [0, 0.05) is 6.42 Å². The quantitative estimate of drug-likeness (QED) is 0.572.